The molecule has 0 aromatic rings. The monoisotopic (exact) mass is 240 g/mol. The van der Waals surface area contributed by atoms with Crippen molar-refractivity contribution in [2.45, 2.75) is 25.7 Å². The van der Waals surface area contributed by atoms with E-state index in [1.807, 2.05) is 0 Å². The zero-order valence-electron chi connectivity index (χ0n) is 10.5. The molecule has 0 saturated carbocycles. The van der Waals surface area contributed by atoms with Crippen LogP contribution >= 0.6 is 0 Å². The molecular weight excluding hydrogens is 216 g/mol. The second-order valence-corrected chi connectivity index (χ2v) is 4.48. The molecule has 1 rings (SSSR count). The molecule has 1 heterocycles. The van der Waals surface area contributed by atoms with Gasteiger partial charge in [0.25, 0.3) is 0 Å². The number of hydrogen-bond donors (Lipinski definition) is 2. The fourth-order valence-corrected chi connectivity index (χ4v) is 1.95. The molecule has 4 nitrogen and oxygen atoms in total. The highest BCUT2D eigenvalue weighted by Gasteiger charge is 2.13. The van der Waals surface area contributed by atoms with Crippen LogP contribution in [0.4, 0.5) is 0 Å². The summed E-state index contributed by atoms with van der Waals surface area (Å²) in [5.41, 5.74) is 0. The summed E-state index contributed by atoms with van der Waals surface area (Å²) in [4.78, 5) is 11.5. The predicted molar refractivity (Wildman–Crippen MR) is 68.9 cm³/mol. The lowest BCUT2D eigenvalue weighted by Crippen LogP contribution is -2.38. The van der Waals surface area contributed by atoms with Gasteiger partial charge in [-0.3, -0.25) is 4.79 Å². The van der Waals surface area contributed by atoms with Gasteiger partial charge in [-0.1, -0.05) is 6.08 Å². The van der Waals surface area contributed by atoms with E-state index < -0.39 is 0 Å². The molecule has 0 spiro atoms. The van der Waals surface area contributed by atoms with Crippen LogP contribution in [-0.4, -0.2) is 38.8 Å². The van der Waals surface area contributed by atoms with Crippen LogP contribution < -0.4 is 10.6 Å². The van der Waals surface area contributed by atoms with Gasteiger partial charge in [0.2, 0.25) is 5.91 Å². The molecular formula is C13H24N2O2. The Kier molecular flexibility index (Phi) is 7.67. The molecule has 98 valence electrons. The molecule has 1 fully saturated rings. The van der Waals surface area contributed by atoms with Crippen LogP contribution in [0.2, 0.25) is 0 Å². The number of carbonyl (C=O) groups excluding carboxylic acids is 1. The van der Waals surface area contributed by atoms with E-state index in [-0.39, 0.29) is 5.91 Å². The molecule has 17 heavy (non-hydrogen) atoms. The number of rotatable bonds is 8. The van der Waals surface area contributed by atoms with E-state index in [4.69, 9.17) is 4.74 Å². The minimum Gasteiger partial charge on any atom is -0.377 e. The Morgan fingerprint density at radius 1 is 1.59 bits per heavy atom. The largest absolute Gasteiger partial charge is 0.377 e. The molecule has 1 atom stereocenters. The van der Waals surface area contributed by atoms with E-state index in [2.05, 4.69) is 17.2 Å². The highest BCUT2D eigenvalue weighted by atomic mass is 16.5. The maximum Gasteiger partial charge on any atom is 0.220 e. The first-order valence-corrected chi connectivity index (χ1v) is 6.49. The predicted octanol–water partition coefficient (Wildman–Crippen LogP) is 1.08. The molecule has 0 aliphatic carbocycles. The first kappa shape index (κ1) is 14.2. The quantitative estimate of drug-likeness (QED) is 0.493. The molecule has 1 amide bonds. The van der Waals surface area contributed by atoms with Crippen molar-refractivity contribution >= 4 is 5.91 Å². The van der Waals surface area contributed by atoms with Crippen LogP contribution in [0.1, 0.15) is 25.7 Å². The second kappa shape index (κ2) is 9.19. The lowest BCUT2D eigenvalue weighted by molar-refractivity contribution is -0.121. The Bertz CT molecular complexity index is 225. The van der Waals surface area contributed by atoms with E-state index >= 15 is 0 Å². The summed E-state index contributed by atoms with van der Waals surface area (Å²) in [6.45, 7) is 7.71. The summed E-state index contributed by atoms with van der Waals surface area (Å²) in [5.74, 6) is 0.738. The molecule has 0 bridgehead atoms. The number of ether oxygens (including phenoxy) is 1. The normalized spacial score (nSPS) is 19.9. The van der Waals surface area contributed by atoms with Gasteiger partial charge in [0, 0.05) is 19.6 Å². The molecule has 4 heteroatoms. The molecule has 2 N–H and O–H groups in total. The number of hydrogen-bond acceptors (Lipinski definition) is 3. The maximum absolute atomic E-state index is 11.5. The fourth-order valence-electron chi connectivity index (χ4n) is 1.95. The first-order valence-electron chi connectivity index (χ1n) is 6.49. The van der Waals surface area contributed by atoms with Crippen molar-refractivity contribution in [1.29, 1.82) is 0 Å². The third-order valence-corrected chi connectivity index (χ3v) is 2.92. The standard InChI is InChI=1S/C13H24N2O2/c1-2-8-17-9-4-6-13(16)15-11-12-5-3-7-14-10-12/h2,12,14H,1,3-11H2,(H,15,16). The summed E-state index contributed by atoms with van der Waals surface area (Å²) in [6, 6.07) is 0. The number of amides is 1. The fraction of sp³-hybridized carbons (Fsp3) is 0.769. The van der Waals surface area contributed by atoms with Gasteiger partial charge >= 0.3 is 0 Å². The smallest absolute Gasteiger partial charge is 0.220 e. The van der Waals surface area contributed by atoms with Crippen LogP contribution in [0.5, 0.6) is 0 Å². The van der Waals surface area contributed by atoms with Crippen LogP contribution in [-0.2, 0) is 9.53 Å². The third kappa shape index (κ3) is 7.13. The lowest BCUT2D eigenvalue weighted by Gasteiger charge is -2.22. The maximum atomic E-state index is 11.5. The second-order valence-electron chi connectivity index (χ2n) is 4.48. The molecule has 1 saturated heterocycles. The molecule has 0 aromatic heterocycles. The van der Waals surface area contributed by atoms with Gasteiger partial charge in [-0.25, -0.2) is 0 Å². The van der Waals surface area contributed by atoms with Gasteiger partial charge in [-0.2, -0.15) is 0 Å². The van der Waals surface area contributed by atoms with Crippen LogP contribution in [0.25, 0.3) is 0 Å². The molecule has 1 aliphatic heterocycles. The summed E-state index contributed by atoms with van der Waals surface area (Å²) < 4.78 is 5.22. The summed E-state index contributed by atoms with van der Waals surface area (Å²) in [6.07, 6.45) is 5.49. The average Bonchev–Trinajstić information content (AvgIpc) is 2.37. The summed E-state index contributed by atoms with van der Waals surface area (Å²) >= 11 is 0. The highest BCUT2D eigenvalue weighted by molar-refractivity contribution is 5.75. The van der Waals surface area contributed by atoms with Crippen LogP contribution in [0, 0.1) is 5.92 Å². The van der Waals surface area contributed by atoms with Crippen molar-refractivity contribution in [3.8, 4) is 0 Å². The molecule has 0 radical (unpaired) electrons. The summed E-state index contributed by atoms with van der Waals surface area (Å²) in [7, 11) is 0. The number of piperidine rings is 1. The van der Waals surface area contributed by atoms with E-state index in [1.165, 1.54) is 12.8 Å². The highest BCUT2D eigenvalue weighted by Crippen LogP contribution is 2.08. The van der Waals surface area contributed by atoms with Crippen LogP contribution in [0.3, 0.4) is 0 Å². The Morgan fingerprint density at radius 3 is 3.18 bits per heavy atom. The van der Waals surface area contributed by atoms with Gasteiger partial charge in [0.15, 0.2) is 0 Å². The van der Waals surface area contributed by atoms with Crippen molar-refractivity contribution in [2.24, 2.45) is 5.92 Å². The van der Waals surface area contributed by atoms with E-state index in [0.29, 0.717) is 25.6 Å². The Labute approximate surface area is 104 Å². The van der Waals surface area contributed by atoms with E-state index in [9.17, 15) is 4.79 Å². The van der Waals surface area contributed by atoms with Crippen molar-refractivity contribution in [1.82, 2.24) is 10.6 Å². The van der Waals surface area contributed by atoms with Gasteiger partial charge in [-0.15, -0.1) is 6.58 Å². The van der Waals surface area contributed by atoms with Crippen LogP contribution in [0.15, 0.2) is 12.7 Å². The van der Waals surface area contributed by atoms with Gasteiger partial charge < -0.3 is 15.4 Å². The number of carbonyl (C=O) groups is 1. The zero-order chi connectivity index (χ0) is 12.3. The minimum absolute atomic E-state index is 0.137. The van der Waals surface area contributed by atoms with Crippen molar-refractivity contribution in [3.63, 3.8) is 0 Å². The Morgan fingerprint density at radius 2 is 2.47 bits per heavy atom. The van der Waals surface area contributed by atoms with Crippen molar-refractivity contribution in [2.75, 3.05) is 32.8 Å². The Balaban J connectivity index is 1.94. The average molecular weight is 240 g/mol. The third-order valence-electron chi connectivity index (χ3n) is 2.92. The lowest BCUT2D eigenvalue weighted by atomic mass is 10.00. The van der Waals surface area contributed by atoms with E-state index in [1.54, 1.807) is 6.08 Å². The number of nitrogens with one attached hydrogen (secondary N) is 2. The van der Waals surface area contributed by atoms with E-state index in [0.717, 1.165) is 26.1 Å². The first-order chi connectivity index (χ1) is 8.33. The molecule has 1 unspecified atom stereocenters. The molecule has 0 aromatic carbocycles. The molecule has 1 aliphatic rings. The van der Waals surface area contributed by atoms with Crippen molar-refractivity contribution < 1.29 is 9.53 Å². The van der Waals surface area contributed by atoms with Gasteiger partial charge in [-0.05, 0) is 38.3 Å². The Hall–Kier alpha value is -0.870. The van der Waals surface area contributed by atoms with Crippen molar-refractivity contribution in [3.05, 3.63) is 12.7 Å². The van der Waals surface area contributed by atoms with Gasteiger partial charge in [0.1, 0.15) is 0 Å². The topological polar surface area (TPSA) is 50.4 Å². The summed E-state index contributed by atoms with van der Waals surface area (Å²) in [5, 5.41) is 6.33. The van der Waals surface area contributed by atoms with Gasteiger partial charge in [0.05, 0.1) is 6.61 Å². The SMILES string of the molecule is C=CCOCCCC(=O)NCC1CCCNC1. The zero-order valence-corrected chi connectivity index (χ0v) is 10.5. The minimum atomic E-state index is 0.137.